The maximum absolute atomic E-state index is 13.3. The summed E-state index contributed by atoms with van der Waals surface area (Å²) in [5, 5.41) is 0.377. The van der Waals surface area contributed by atoms with E-state index in [2.05, 4.69) is 4.98 Å². The summed E-state index contributed by atoms with van der Waals surface area (Å²) in [7, 11) is 2.89. The average molecular weight is 384 g/mol. The number of hydrogen-bond donors (Lipinski definition) is 0. The number of nitrogens with zero attached hydrogens (tertiary/aromatic N) is 2. The molecule has 0 aliphatic rings. The molecule has 140 valence electrons. The minimum atomic E-state index is -0.523. The Morgan fingerprint density at radius 2 is 1.93 bits per heavy atom. The van der Waals surface area contributed by atoms with Crippen molar-refractivity contribution in [1.29, 1.82) is 0 Å². The zero-order chi connectivity index (χ0) is 19.6. The number of thioether (sulfide) groups is 1. The molecule has 0 spiro atoms. The standard InChI is InChI=1S/C20H20N2O4S/c1-12-9-10-17(25-3)16(11-12)22-18(23)14-7-5-6-8-15(14)21-20(22)27-13(2)19(24)26-4/h5-11,13H,1-4H3/t13-/m0/s1. The minimum Gasteiger partial charge on any atom is -0.495 e. The summed E-state index contributed by atoms with van der Waals surface area (Å²) >= 11 is 1.17. The summed E-state index contributed by atoms with van der Waals surface area (Å²) < 4.78 is 11.8. The van der Waals surface area contributed by atoms with Gasteiger partial charge in [-0.15, -0.1) is 0 Å². The Balaban J connectivity index is 2.31. The van der Waals surface area contributed by atoms with Crippen LogP contribution in [0.15, 0.2) is 52.4 Å². The normalized spacial score (nSPS) is 12.0. The first kappa shape index (κ1) is 19.0. The van der Waals surface area contributed by atoms with Gasteiger partial charge in [-0.05, 0) is 43.7 Å². The Morgan fingerprint density at radius 1 is 1.19 bits per heavy atom. The molecule has 0 unspecified atom stereocenters. The number of carbonyl (C=O) groups excluding carboxylic acids is 1. The van der Waals surface area contributed by atoms with Gasteiger partial charge in [0, 0.05) is 0 Å². The summed E-state index contributed by atoms with van der Waals surface area (Å²) in [5.41, 5.74) is 1.91. The van der Waals surface area contributed by atoms with Gasteiger partial charge in [-0.3, -0.25) is 14.2 Å². The predicted molar refractivity (Wildman–Crippen MR) is 106 cm³/mol. The Hall–Kier alpha value is -2.80. The fourth-order valence-electron chi connectivity index (χ4n) is 2.75. The summed E-state index contributed by atoms with van der Waals surface area (Å²) in [4.78, 5) is 29.8. The predicted octanol–water partition coefficient (Wildman–Crippen LogP) is 3.36. The molecule has 0 aliphatic heterocycles. The second-order valence-corrected chi connectivity index (χ2v) is 7.32. The van der Waals surface area contributed by atoms with Gasteiger partial charge in [-0.1, -0.05) is 30.0 Å². The van der Waals surface area contributed by atoms with E-state index in [4.69, 9.17) is 9.47 Å². The molecule has 1 heterocycles. The maximum atomic E-state index is 13.3. The van der Waals surface area contributed by atoms with Crippen molar-refractivity contribution in [2.24, 2.45) is 0 Å². The second-order valence-electron chi connectivity index (χ2n) is 6.01. The summed E-state index contributed by atoms with van der Waals surface area (Å²) in [6.45, 7) is 3.65. The number of para-hydroxylation sites is 1. The Labute approximate surface area is 161 Å². The van der Waals surface area contributed by atoms with Gasteiger partial charge in [0.15, 0.2) is 5.16 Å². The zero-order valence-electron chi connectivity index (χ0n) is 15.6. The number of fused-ring (bicyclic) bond motifs is 1. The lowest BCUT2D eigenvalue weighted by Crippen LogP contribution is -2.24. The van der Waals surface area contributed by atoms with E-state index in [0.717, 1.165) is 5.56 Å². The van der Waals surface area contributed by atoms with Crippen molar-refractivity contribution >= 4 is 28.6 Å². The first-order valence-corrected chi connectivity index (χ1v) is 9.25. The van der Waals surface area contributed by atoms with Crippen LogP contribution in [-0.2, 0) is 9.53 Å². The lowest BCUT2D eigenvalue weighted by molar-refractivity contribution is -0.139. The Bertz CT molecular complexity index is 1060. The van der Waals surface area contributed by atoms with Crippen LogP contribution < -0.4 is 10.3 Å². The van der Waals surface area contributed by atoms with Gasteiger partial charge >= 0.3 is 5.97 Å². The molecular formula is C20H20N2O4S. The molecule has 0 fully saturated rings. The summed E-state index contributed by atoms with van der Waals surface area (Å²) in [5.74, 6) is 0.164. The molecule has 1 aromatic heterocycles. The lowest BCUT2D eigenvalue weighted by Gasteiger charge is -2.17. The van der Waals surface area contributed by atoms with Crippen LogP contribution in [-0.4, -0.2) is 35.0 Å². The first-order chi connectivity index (χ1) is 13.0. The summed E-state index contributed by atoms with van der Waals surface area (Å²) in [6, 6.07) is 12.7. The summed E-state index contributed by atoms with van der Waals surface area (Å²) in [6.07, 6.45) is 0. The molecule has 27 heavy (non-hydrogen) atoms. The number of aryl methyl sites for hydroxylation is 1. The van der Waals surface area contributed by atoms with Crippen LogP contribution in [0, 0.1) is 6.92 Å². The van der Waals surface area contributed by atoms with Crippen LogP contribution in [0.25, 0.3) is 16.6 Å². The van der Waals surface area contributed by atoms with Gasteiger partial charge < -0.3 is 9.47 Å². The van der Waals surface area contributed by atoms with Crippen molar-refractivity contribution in [3.8, 4) is 11.4 Å². The van der Waals surface area contributed by atoms with E-state index in [1.165, 1.54) is 23.4 Å². The molecule has 0 radical (unpaired) electrons. The number of esters is 1. The maximum Gasteiger partial charge on any atom is 0.318 e. The van der Waals surface area contributed by atoms with Gasteiger partial charge in [0.05, 0.1) is 30.8 Å². The van der Waals surface area contributed by atoms with Crippen molar-refractivity contribution in [3.63, 3.8) is 0 Å². The number of benzene rings is 2. The van der Waals surface area contributed by atoms with Gasteiger partial charge in [0.2, 0.25) is 0 Å². The highest BCUT2D eigenvalue weighted by Crippen LogP contribution is 2.30. The van der Waals surface area contributed by atoms with Gasteiger partial charge in [-0.2, -0.15) is 0 Å². The van der Waals surface area contributed by atoms with E-state index in [1.807, 2.05) is 31.2 Å². The van der Waals surface area contributed by atoms with Gasteiger partial charge in [0.1, 0.15) is 11.0 Å². The monoisotopic (exact) mass is 384 g/mol. The molecule has 3 rings (SSSR count). The third-order valence-corrected chi connectivity index (χ3v) is 5.17. The van der Waals surface area contributed by atoms with Crippen LogP contribution >= 0.6 is 11.8 Å². The number of ether oxygens (including phenoxy) is 2. The van der Waals surface area contributed by atoms with Crippen molar-refractivity contribution in [3.05, 3.63) is 58.4 Å². The molecular weight excluding hydrogens is 364 g/mol. The van der Waals surface area contributed by atoms with Crippen LogP contribution in [0.4, 0.5) is 0 Å². The molecule has 0 saturated heterocycles. The molecule has 7 heteroatoms. The molecule has 6 nitrogen and oxygen atoms in total. The second kappa shape index (κ2) is 7.84. The van der Waals surface area contributed by atoms with Crippen LogP contribution in [0.2, 0.25) is 0 Å². The Kier molecular flexibility index (Phi) is 5.51. The highest BCUT2D eigenvalue weighted by molar-refractivity contribution is 8.00. The smallest absolute Gasteiger partial charge is 0.318 e. The topological polar surface area (TPSA) is 70.4 Å². The number of hydrogen-bond acceptors (Lipinski definition) is 6. The van der Waals surface area contributed by atoms with Crippen LogP contribution in [0.3, 0.4) is 0 Å². The van der Waals surface area contributed by atoms with Gasteiger partial charge in [-0.25, -0.2) is 4.98 Å². The molecule has 0 bridgehead atoms. The molecule has 1 atom stereocenters. The fraction of sp³-hybridized carbons (Fsp3) is 0.250. The largest absolute Gasteiger partial charge is 0.495 e. The Morgan fingerprint density at radius 3 is 2.63 bits per heavy atom. The van der Waals surface area contributed by atoms with Crippen LogP contribution in [0.1, 0.15) is 12.5 Å². The van der Waals surface area contributed by atoms with E-state index in [1.54, 1.807) is 32.2 Å². The third kappa shape index (κ3) is 3.68. The minimum absolute atomic E-state index is 0.218. The number of carbonyl (C=O) groups is 1. The van der Waals surface area contributed by atoms with E-state index in [9.17, 15) is 9.59 Å². The average Bonchev–Trinajstić information content (AvgIpc) is 2.67. The fourth-order valence-corrected chi connectivity index (χ4v) is 3.70. The van der Waals surface area contributed by atoms with Crippen molar-refractivity contribution in [2.75, 3.05) is 14.2 Å². The number of methoxy groups -OCH3 is 2. The molecule has 0 aliphatic carbocycles. The lowest BCUT2D eigenvalue weighted by atomic mass is 10.2. The van der Waals surface area contributed by atoms with E-state index >= 15 is 0 Å². The highest BCUT2D eigenvalue weighted by Gasteiger charge is 2.22. The number of aromatic nitrogens is 2. The van der Waals surface area contributed by atoms with Crippen LogP contribution in [0.5, 0.6) is 5.75 Å². The molecule has 3 aromatic rings. The molecule has 2 aromatic carbocycles. The third-order valence-electron chi connectivity index (χ3n) is 4.14. The molecule has 0 saturated carbocycles. The van der Waals surface area contributed by atoms with Gasteiger partial charge in [0.25, 0.3) is 5.56 Å². The van der Waals surface area contributed by atoms with Crippen molar-refractivity contribution in [1.82, 2.24) is 9.55 Å². The van der Waals surface area contributed by atoms with Crippen molar-refractivity contribution < 1.29 is 14.3 Å². The van der Waals surface area contributed by atoms with E-state index in [0.29, 0.717) is 27.5 Å². The molecule has 0 N–H and O–H groups in total. The highest BCUT2D eigenvalue weighted by atomic mass is 32.2. The first-order valence-electron chi connectivity index (χ1n) is 8.37. The van der Waals surface area contributed by atoms with E-state index in [-0.39, 0.29) is 11.5 Å². The van der Waals surface area contributed by atoms with E-state index < -0.39 is 5.25 Å². The van der Waals surface area contributed by atoms with Crippen molar-refractivity contribution in [2.45, 2.75) is 24.3 Å². The molecule has 0 amide bonds. The SMILES string of the molecule is COC(=O)[C@H](C)Sc1nc2ccccc2c(=O)n1-c1cc(C)ccc1OC. The zero-order valence-corrected chi connectivity index (χ0v) is 16.4. The number of rotatable bonds is 5. The quantitative estimate of drug-likeness (QED) is 0.382.